The number of pyridine rings is 1. The van der Waals surface area contributed by atoms with Crippen molar-refractivity contribution in [3.63, 3.8) is 0 Å². The van der Waals surface area contributed by atoms with E-state index in [4.69, 9.17) is 0 Å². The number of amides is 2. The van der Waals surface area contributed by atoms with E-state index in [2.05, 4.69) is 20.7 Å². The Morgan fingerprint density at radius 2 is 1.69 bits per heavy atom. The molecule has 2 N–H and O–H groups in total. The fourth-order valence-corrected chi connectivity index (χ4v) is 2.53. The van der Waals surface area contributed by atoms with Gasteiger partial charge in [-0.25, -0.2) is 9.67 Å². The number of carbonyl (C=O) groups is 2. The highest BCUT2D eigenvalue weighted by Crippen LogP contribution is 2.14. The Hall–Kier alpha value is -3.48. The molecule has 7 nitrogen and oxygen atoms in total. The molecule has 7 heteroatoms. The zero-order valence-corrected chi connectivity index (χ0v) is 14.8. The molecule has 0 fully saturated rings. The lowest BCUT2D eigenvalue weighted by atomic mass is 10.2. The third-order valence-corrected chi connectivity index (χ3v) is 3.83. The predicted octanol–water partition coefficient (Wildman–Crippen LogP) is 2.77. The van der Waals surface area contributed by atoms with Gasteiger partial charge in [0.15, 0.2) is 5.82 Å². The summed E-state index contributed by atoms with van der Waals surface area (Å²) in [7, 11) is 0. The van der Waals surface area contributed by atoms with Gasteiger partial charge >= 0.3 is 11.8 Å². The number of aryl methyl sites for hydroxylation is 3. The Kier molecular flexibility index (Phi) is 4.79. The van der Waals surface area contributed by atoms with Crippen LogP contribution in [-0.4, -0.2) is 26.6 Å². The van der Waals surface area contributed by atoms with Crippen molar-refractivity contribution in [2.45, 2.75) is 20.8 Å². The number of hydrogen-bond acceptors (Lipinski definition) is 4. The first-order valence-corrected chi connectivity index (χ1v) is 8.11. The van der Waals surface area contributed by atoms with Crippen LogP contribution in [0.25, 0.3) is 5.82 Å². The van der Waals surface area contributed by atoms with Crippen LogP contribution in [0.3, 0.4) is 0 Å². The quantitative estimate of drug-likeness (QED) is 0.712. The molecule has 0 aliphatic heterocycles. The van der Waals surface area contributed by atoms with E-state index in [1.807, 2.05) is 39.0 Å². The van der Waals surface area contributed by atoms with E-state index in [1.54, 1.807) is 28.9 Å². The van der Waals surface area contributed by atoms with Gasteiger partial charge in [-0.1, -0.05) is 18.2 Å². The number of hydrogen-bond donors (Lipinski definition) is 2. The summed E-state index contributed by atoms with van der Waals surface area (Å²) in [6.45, 7) is 5.70. The van der Waals surface area contributed by atoms with E-state index >= 15 is 0 Å². The molecule has 0 atom stereocenters. The van der Waals surface area contributed by atoms with Crippen molar-refractivity contribution in [1.82, 2.24) is 14.8 Å². The van der Waals surface area contributed by atoms with Crippen molar-refractivity contribution < 1.29 is 9.59 Å². The van der Waals surface area contributed by atoms with Gasteiger partial charge in [0.2, 0.25) is 0 Å². The van der Waals surface area contributed by atoms with Gasteiger partial charge in [0.1, 0.15) is 0 Å². The summed E-state index contributed by atoms with van der Waals surface area (Å²) in [4.78, 5) is 28.4. The van der Waals surface area contributed by atoms with Crippen molar-refractivity contribution in [2.75, 3.05) is 10.6 Å². The molecule has 3 aromatic rings. The SMILES string of the molecule is Cc1cc(C)n(-c2ccc(NC(=O)C(=O)Nc3ccccc3C)cn2)n1. The molecule has 0 unspecified atom stereocenters. The van der Waals surface area contributed by atoms with Gasteiger partial charge in [0.05, 0.1) is 17.6 Å². The molecule has 0 radical (unpaired) electrons. The first-order valence-electron chi connectivity index (χ1n) is 8.11. The van der Waals surface area contributed by atoms with Crippen LogP contribution in [0.5, 0.6) is 0 Å². The molecule has 0 spiro atoms. The van der Waals surface area contributed by atoms with Gasteiger partial charge in [0, 0.05) is 11.4 Å². The minimum atomic E-state index is -0.756. The lowest BCUT2D eigenvalue weighted by Crippen LogP contribution is -2.29. The number of para-hydroxylation sites is 1. The number of nitrogens with one attached hydrogen (secondary N) is 2. The maximum atomic E-state index is 12.1. The highest BCUT2D eigenvalue weighted by molar-refractivity contribution is 6.43. The third kappa shape index (κ3) is 3.77. The van der Waals surface area contributed by atoms with E-state index in [1.165, 1.54) is 6.20 Å². The second-order valence-corrected chi connectivity index (χ2v) is 5.97. The molecular weight excluding hydrogens is 330 g/mol. The maximum Gasteiger partial charge on any atom is 0.314 e. The molecule has 132 valence electrons. The van der Waals surface area contributed by atoms with E-state index < -0.39 is 11.8 Å². The number of aromatic nitrogens is 3. The molecule has 3 rings (SSSR count). The Labute approximate surface area is 151 Å². The molecule has 2 aromatic heterocycles. The summed E-state index contributed by atoms with van der Waals surface area (Å²) in [5, 5.41) is 9.49. The van der Waals surface area contributed by atoms with Crippen molar-refractivity contribution in [1.29, 1.82) is 0 Å². The van der Waals surface area contributed by atoms with Crippen LogP contribution in [0.2, 0.25) is 0 Å². The number of anilines is 2. The minimum Gasteiger partial charge on any atom is -0.318 e. The molecule has 0 aliphatic carbocycles. The molecular formula is C19H19N5O2. The van der Waals surface area contributed by atoms with Gasteiger partial charge in [0.25, 0.3) is 0 Å². The Balaban J connectivity index is 1.67. The average Bonchev–Trinajstić information content (AvgIpc) is 2.96. The normalized spacial score (nSPS) is 10.4. The Morgan fingerprint density at radius 1 is 0.962 bits per heavy atom. The number of nitrogens with zero attached hydrogens (tertiary/aromatic N) is 3. The topological polar surface area (TPSA) is 88.9 Å². The molecule has 2 amide bonds. The molecule has 0 aliphatic rings. The van der Waals surface area contributed by atoms with Crippen LogP contribution in [-0.2, 0) is 9.59 Å². The first-order chi connectivity index (χ1) is 12.4. The summed E-state index contributed by atoms with van der Waals surface area (Å²) >= 11 is 0. The lowest BCUT2D eigenvalue weighted by molar-refractivity contribution is -0.133. The van der Waals surface area contributed by atoms with Gasteiger partial charge in [-0.05, 0) is 50.6 Å². The molecule has 0 bridgehead atoms. The fraction of sp³-hybridized carbons (Fsp3) is 0.158. The van der Waals surface area contributed by atoms with E-state index in [0.717, 1.165) is 17.0 Å². The average molecular weight is 349 g/mol. The lowest BCUT2D eigenvalue weighted by Gasteiger charge is -2.09. The summed E-state index contributed by atoms with van der Waals surface area (Å²) in [5.74, 6) is -0.853. The number of benzene rings is 1. The number of rotatable bonds is 3. The Morgan fingerprint density at radius 3 is 2.31 bits per heavy atom. The van der Waals surface area contributed by atoms with Crippen LogP contribution < -0.4 is 10.6 Å². The molecule has 1 aromatic carbocycles. The second kappa shape index (κ2) is 7.18. The zero-order valence-electron chi connectivity index (χ0n) is 14.8. The molecule has 0 saturated carbocycles. The van der Waals surface area contributed by atoms with Crippen molar-refractivity contribution in [3.8, 4) is 5.82 Å². The van der Waals surface area contributed by atoms with Gasteiger partial charge < -0.3 is 10.6 Å². The highest BCUT2D eigenvalue weighted by Gasteiger charge is 2.15. The summed E-state index contributed by atoms with van der Waals surface area (Å²) in [5.41, 5.74) is 3.77. The summed E-state index contributed by atoms with van der Waals surface area (Å²) in [6, 6.07) is 12.6. The number of carbonyl (C=O) groups excluding carboxylic acids is 2. The molecule has 26 heavy (non-hydrogen) atoms. The second-order valence-electron chi connectivity index (χ2n) is 5.97. The third-order valence-electron chi connectivity index (χ3n) is 3.83. The smallest absolute Gasteiger partial charge is 0.314 e. The van der Waals surface area contributed by atoms with E-state index in [-0.39, 0.29) is 0 Å². The molecule has 0 saturated heterocycles. The standard InChI is InChI=1S/C19H19N5O2/c1-12-6-4-5-7-16(12)22-19(26)18(25)21-15-8-9-17(20-11-15)24-14(3)10-13(2)23-24/h4-11H,1-3H3,(H,21,25)(H,22,26). The van der Waals surface area contributed by atoms with Gasteiger partial charge in [-0.15, -0.1) is 0 Å². The van der Waals surface area contributed by atoms with Crippen LogP contribution in [0.1, 0.15) is 17.0 Å². The van der Waals surface area contributed by atoms with E-state index in [0.29, 0.717) is 17.2 Å². The van der Waals surface area contributed by atoms with Crippen LogP contribution >= 0.6 is 0 Å². The maximum absolute atomic E-state index is 12.1. The van der Waals surface area contributed by atoms with Crippen LogP contribution in [0.15, 0.2) is 48.7 Å². The fourth-order valence-electron chi connectivity index (χ4n) is 2.53. The molecule has 2 heterocycles. The summed E-state index contributed by atoms with van der Waals surface area (Å²) < 4.78 is 1.71. The minimum absolute atomic E-state index is 0.431. The first kappa shape index (κ1) is 17.3. The monoisotopic (exact) mass is 349 g/mol. The largest absolute Gasteiger partial charge is 0.318 e. The van der Waals surface area contributed by atoms with Gasteiger partial charge in [-0.3, -0.25) is 9.59 Å². The van der Waals surface area contributed by atoms with Crippen molar-refractivity contribution in [3.05, 3.63) is 65.6 Å². The van der Waals surface area contributed by atoms with E-state index in [9.17, 15) is 9.59 Å². The van der Waals surface area contributed by atoms with Gasteiger partial charge in [-0.2, -0.15) is 5.10 Å². The van der Waals surface area contributed by atoms with Crippen LogP contribution in [0.4, 0.5) is 11.4 Å². The summed E-state index contributed by atoms with van der Waals surface area (Å²) in [6.07, 6.45) is 1.49. The highest BCUT2D eigenvalue weighted by atomic mass is 16.2. The van der Waals surface area contributed by atoms with Crippen molar-refractivity contribution in [2.24, 2.45) is 0 Å². The zero-order chi connectivity index (χ0) is 18.7. The predicted molar refractivity (Wildman–Crippen MR) is 99.3 cm³/mol. The Bertz CT molecular complexity index is 960. The van der Waals surface area contributed by atoms with Crippen LogP contribution in [0, 0.1) is 20.8 Å². The van der Waals surface area contributed by atoms with Crippen molar-refractivity contribution >= 4 is 23.2 Å².